The molecule has 0 radical (unpaired) electrons. The first-order valence-electron chi connectivity index (χ1n) is 9.02. The van der Waals surface area contributed by atoms with Gasteiger partial charge in [0, 0.05) is 12.8 Å². The van der Waals surface area contributed by atoms with E-state index in [4.69, 9.17) is 14.6 Å². The lowest BCUT2D eigenvalue weighted by Gasteiger charge is -2.15. The van der Waals surface area contributed by atoms with Crippen molar-refractivity contribution in [2.24, 2.45) is 0 Å². The van der Waals surface area contributed by atoms with Gasteiger partial charge in [0.05, 0.1) is 18.8 Å². The quantitative estimate of drug-likeness (QED) is 0.468. The van der Waals surface area contributed by atoms with E-state index < -0.39 is 23.6 Å². The molecule has 7 heteroatoms. The van der Waals surface area contributed by atoms with Crippen LogP contribution in [-0.2, 0) is 16.1 Å². The summed E-state index contributed by atoms with van der Waals surface area (Å²) in [4.78, 5) is 26.2. The van der Waals surface area contributed by atoms with Crippen molar-refractivity contribution in [3.05, 3.63) is 44.8 Å². The number of hydrogen-bond acceptors (Lipinski definition) is 5. The molecule has 0 aromatic carbocycles. The van der Waals surface area contributed by atoms with Crippen LogP contribution in [-0.4, -0.2) is 34.0 Å². The Morgan fingerprint density at radius 2 is 1.96 bits per heavy atom. The minimum atomic E-state index is -0.626. The van der Waals surface area contributed by atoms with E-state index in [0.29, 0.717) is 12.2 Å². The number of ether oxygens (including phenoxy) is 2. The minimum absolute atomic E-state index is 0.153. The fourth-order valence-electron chi connectivity index (χ4n) is 2.74. The minimum Gasteiger partial charge on any atom is -0.393 e. The van der Waals surface area contributed by atoms with Gasteiger partial charge >= 0.3 is 5.69 Å². The lowest BCUT2D eigenvalue weighted by molar-refractivity contribution is -0.0107. The summed E-state index contributed by atoms with van der Waals surface area (Å²) in [7, 11) is 0. The van der Waals surface area contributed by atoms with Crippen LogP contribution < -0.4 is 11.2 Å². The molecule has 7 nitrogen and oxygen atoms in total. The third-order valence-electron chi connectivity index (χ3n) is 4.20. The van der Waals surface area contributed by atoms with Crippen LogP contribution in [0.1, 0.15) is 57.2 Å². The highest BCUT2D eigenvalue weighted by Crippen LogP contribution is 2.19. The number of aromatic amines is 1. The van der Waals surface area contributed by atoms with Crippen molar-refractivity contribution in [2.75, 3.05) is 13.2 Å². The van der Waals surface area contributed by atoms with Crippen molar-refractivity contribution >= 4 is 0 Å². The molecule has 0 amide bonds. The molecule has 1 aromatic heterocycles. The van der Waals surface area contributed by atoms with E-state index >= 15 is 0 Å². The van der Waals surface area contributed by atoms with Gasteiger partial charge in [-0.1, -0.05) is 45.1 Å². The molecule has 2 heterocycles. The van der Waals surface area contributed by atoms with Crippen LogP contribution in [0.15, 0.2) is 27.9 Å². The molecule has 0 aliphatic carbocycles. The Hall–Kier alpha value is -1.70. The highest BCUT2D eigenvalue weighted by molar-refractivity contribution is 5.07. The number of rotatable bonds is 11. The number of hydrogen-bond donors (Lipinski definition) is 2. The second kappa shape index (κ2) is 10.3. The van der Waals surface area contributed by atoms with Gasteiger partial charge in [-0.3, -0.25) is 14.3 Å². The lowest BCUT2D eigenvalue weighted by Crippen LogP contribution is -2.34. The van der Waals surface area contributed by atoms with E-state index in [1.807, 2.05) is 0 Å². The first kappa shape index (κ1) is 19.6. The summed E-state index contributed by atoms with van der Waals surface area (Å²) in [6, 6.07) is 0. The molecule has 0 spiro atoms. The van der Waals surface area contributed by atoms with Crippen LogP contribution in [0.3, 0.4) is 0 Å². The lowest BCUT2D eigenvalue weighted by atomic mass is 10.1. The zero-order valence-corrected chi connectivity index (χ0v) is 14.8. The molecule has 2 N–H and O–H groups in total. The fourth-order valence-corrected chi connectivity index (χ4v) is 2.74. The van der Waals surface area contributed by atoms with Crippen molar-refractivity contribution < 1.29 is 14.6 Å². The number of nitrogens with one attached hydrogen (secondary N) is 1. The Labute approximate surface area is 147 Å². The third kappa shape index (κ3) is 5.95. The van der Waals surface area contributed by atoms with Crippen molar-refractivity contribution in [1.29, 1.82) is 0 Å². The van der Waals surface area contributed by atoms with E-state index in [1.165, 1.54) is 36.4 Å². The van der Waals surface area contributed by atoms with E-state index in [2.05, 4.69) is 11.9 Å². The van der Waals surface area contributed by atoms with E-state index in [-0.39, 0.29) is 13.2 Å². The average molecular weight is 352 g/mol. The molecule has 0 saturated carbocycles. The Morgan fingerprint density at radius 3 is 2.68 bits per heavy atom. The molecule has 25 heavy (non-hydrogen) atoms. The van der Waals surface area contributed by atoms with Gasteiger partial charge in [0.25, 0.3) is 5.56 Å². The highest BCUT2D eigenvalue weighted by Gasteiger charge is 2.21. The monoisotopic (exact) mass is 352 g/mol. The van der Waals surface area contributed by atoms with Crippen LogP contribution in [0, 0.1) is 0 Å². The van der Waals surface area contributed by atoms with Crippen molar-refractivity contribution in [1.82, 2.24) is 9.55 Å². The average Bonchev–Trinajstić information content (AvgIpc) is 3.07. The van der Waals surface area contributed by atoms with Gasteiger partial charge in [-0.15, -0.1) is 0 Å². The molecule has 2 atom stereocenters. The van der Waals surface area contributed by atoms with Crippen LogP contribution in [0.2, 0.25) is 0 Å². The van der Waals surface area contributed by atoms with Gasteiger partial charge in [-0.2, -0.15) is 0 Å². The molecule has 140 valence electrons. The third-order valence-corrected chi connectivity index (χ3v) is 4.20. The normalized spacial score (nSPS) is 19.6. The standard InChI is InChI=1S/C18H28N2O5/c1-2-3-4-5-6-7-10-24-13-14-11-20(18(23)19-17(14)22)16-9-8-15(12-21)25-16/h8-9,11,15-16,21H,2-7,10,12-13H2,1H3,(H,19,22,23)/t15-,16+/m0/s1. The van der Waals surface area contributed by atoms with Gasteiger partial charge in [-0.05, 0) is 12.5 Å². The second-order valence-electron chi connectivity index (χ2n) is 6.27. The number of H-pyrrole nitrogens is 1. The SMILES string of the molecule is CCCCCCCCOCc1cn([C@H]2C=C[C@@H](CO)O2)c(=O)[nH]c1=O. The molecule has 1 aliphatic heterocycles. The maximum Gasteiger partial charge on any atom is 0.330 e. The second-order valence-corrected chi connectivity index (χ2v) is 6.27. The summed E-state index contributed by atoms with van der Waals surface area (Å²) in [6.07, 6.45) is 10.8. The van der Waals surface area contributed by atoms with Crippen LogP contribution >= 0.6 is 0 Å². The summed E-state index contributed by atoms with van der Waals surface area (Å²) < 4.78 is 12.4. The fraction of sp³-hybridized carbons (Fsp3) is 0.667. The maximum atomic E-state index is 12.0. The maximum absolute atomic E-state index is 12.0. The molecule has 0 bridgehead atoms. The molecule has 2 rings (SSSR count). The van der Waals surface area contributed by atoms with Gasteiger partial charge < -0.3 is 14.6 Å². The van der Waals surface area contributed by atoms with Crippen LogP contribution in [0.5, 0.6) is 0 Å². The highest BCUT2D eigenvalue weighted by atomic mass is 16.5. The van der Waals surface area contributed by atoms with E-state index in [9.17, 15) is 9.59 Å². The zero-order valence-electron chi connectivity index (χ0n) is 14.8. The molecular weight excluding hydrogens is 324 g/mol. The van der Waals surface area contributed by atoms with Crippen LogP contribution in [0.25, 0.3) is 0 Å². The van der Waals surface area contributed by atoms with Crippen molar-refractivity contribution in [2.45, 2.75) is 64.4 Å². The molecule has 0 fully saturated rings. The first-order chi connectivity index (χ1) is 12.2. The largest absolute Gasteiger partial charge is 0.393 e. The van der Waals surface area contributed by atoms with Crippen molar-refractivity contribution in [3.63, 3.8) is 0 Å². The summed E-state index contributed by atoms with van der Waals surface area (Å²) in [5, 5.41) is 9.09. The van der Waals surface area contributed by atoms with Gasteiger partial charge in [0.2, 0.25) is 0 Å². The Morgan fingerprint density at radius 1 is 1.20 bits per heavy atom. The predicted octanol–water partition coefficient (Wildman–Crippen LogP) is 1.86. The topological polar surface area (TPSA) is 93.6 Å². The zero-order chi connectivity index (χ0) is 18.1. The Balaban J connectivity index is 1.85. The summed E-state index contributed by atoms with van der Waals surface area (Å²) in [5.74, 6) is 0. The number of aliphatic hydroxyl groups is 1. The first-order valence-corrected chi connectivity index (χ1v) is 9.02. The number of aliphatic hydroxyl groups excluding tert-OH is 1. The van der Waals surface area contributed by atoms with E-state index in [1.54, 1.807) is 12.2 Å². The number of nitrogens with zero attached hydrogens (tertiary/aromatic N) is 1. The van der Waals surface area contributed by atoms with Gasteiger partial charge in [-0.25, -0.2) is 4.79 Å². The summed E-state index contributed by atoms with van der Waals surface area (Å²) >= 11 is 0. The van der Waals surface area contributed by atoms with Gasteiger partial charge in [0.1, 0.15) is 6.10 Å². The van der Waals surface area contributed by atoms with Gasteiger partial charge in [0.15, 0.2) is 6.23 Å². The Kier molecular flexibility index (Phi) is 8.11. The van der Waals surface area contributed by atoms with Crippen molar-refractivity contribution in [3.8, 4) is 0 Å². The molecule has 1 aliphatic rings. The molecule has 1 aromatic rings. The Bertz CT molecular complexity index is 664. The summed E-state index contributed by atoms with van der Waals surface area (Å²) in [5.41, 5.74) is -0.599. The summed E-state index contributed by atoms with van der Waals surface area (Å²) in [6.45, 7) is 2.79. The number of unbranched alkanes of at least 4 members (excludes halogenated alkanes) is 5. The number of aromatic nitrogens is 2. The predicted molar refractivity (Wildman–Crippen MR) is 94.5 cm³/mol. The molecular formula is C18H28N2O5. The molecule has 0 unspecified atom stereocenters. The van der Waals surface area contributed by atoms with Crippen LogP contribution in [0.4, 0.5) is 0 Å². The molecule has 0 saturated heterocycles. The smallest absolute Gasteiger partial charge is 0.330 e. The van der Waals surface area contributed by atoms with E-state index in [0.717, 1.165) is 12.8 Å².